The van der Waals surface area contributed by atoms with Crippen LogP contribution in [0.2, 0.25) is 0 Å². The average molecular weight is 386 g/mol. The summed E-state index contributed by atoms with van der Waals surface area (Å²) in [5.74, 6) is 0.881. The highest BCUT2D eigenvalue weighted by atomic mass is 35.5. The second-order valence-corrected chi connectivity index (χ2v) is 7.80. The van der Waals surface area contributed by atoms with Crippen LogP contribution >= 0.6 is 12.4 Å². The van der Waals surface area contributed by atoms with Crippen molar-refractivity contribution in [1.82, 2.24) is 15.1 Å². The topological polar surface area (TPSA) is 66.2 Å². The molecule has 6 heteroatoms. The molecule has 2 rings (SSSR count). The van der Waals surface area contributed by atoms with E-state index in [4.69, 9.17) is 10.8 Å². The summed E-state index contributed by atoms with van der Waals surface area (Å²) >= 11 is 0. The van der Waals surface area contributed by atoms with E-state index in [-0.39, 0.29) is 12.4 Å². The minimum absolute atomic E-state index is 0. The number of nitrogens with zero attached hydrogens (tertiary/aromatic N) is 2. The zero-order chi connectivity index (χ0) is 18.1. The molecule has 2 aliphatic carbocycles. The Bertz CT molecular complexity index is 392. The van der Waals surface area contributed by atoms with Crippen molar-refractivity contribution >= 4 is 24.3 Å². The normalized spacial score (nSPS) is 18.7. The van der Waals surface area contributed by atoms with Crippen LogP contribution in [0, 0.1) is 10.8 Å². The first-order valence-corrected chi connectivity index (χ1v) is 10.6. The molecule has 0 aliphatic heterocycles. The van der Waals surface area contributed by atoms with Crippen molar-refractivity contribution in [3.63, 3.8) is 0 Å². The molecule has 2 aliphatic rings. The monoisotopic (exact) mass is 385 g/mol. The van der Waals surface area contributed by atoms with Gasteiger partial charge in [0, 0.05) is 25.2 Å². The quantitative estimate of drug-likeness (QED) is 0.447. The number of hydrogen-bond donors (Lipinski definition) is 3. The molecule has 0 spiro atoms. The summed E-state index contributed by atoms with van der Waals surface area (Å²) < 4.78 is 0. The molecule has 0 aromatic heterocycles. The van der Waals surface area contributed by atoms with Crippen LogP contribution in [0.15, 0.2) is 0 Å². The van der Waals surface area contributed by atoms with Crippen LogP contribution in [0.4, 0.5) is 0 Å². The van der Waals surface area contributed by atoms with E-state index in [1.165, 1.54) is 64.2 Å². The lowest BCUT2D eigenvalue weighted by Gasteiger charge is -2.43. The molecule has 2 saturated carbocycles. The molecule has 5 nitrogen and oxygen atoms in total. The summed E-state index contributed by atoms with van der Waals surface area (Å²) in [5, 5.41) is 20.4. The summed E-state index contributed by atoms with van der Waals surface area (Å²) in [6.45, 7) is 6.08. The van der Waals surface area contributed by atoms with Crippen molar-refractivity contribution in [1.29, 1.82) is 10.8 Å². The predicted octanol–water partition coefficient (Wildman–Crippen LogP) is 4.96. The van der Waals surface area contributed by atoms with Gasteiger partial charge in [-0.15, -0.1) is 12.4 Å². The number of guanidine groups is 2. The van der Waals surface area contributed by atoms with Crippen molar-refractivity contribution in [2.75, 3.05) is 13.1 Å². The standard InChI is InChI=1S/C20H39N5.ClH/c1-3-15-24(16-4-2)19(21)23-20(22)25(17-11-7-5-8-12-17)18-13-9-6-10-14-18;/h17-18H,3-16H2,1-2H3,(H3,21,22,23);1H. The Morgan fingerprint density at radius 3 is 1.58 bits per heavy atom. The van der Waals surface area contributed by atoms with Gasteiger partial charge in [-0.3, -0.25) is 16.1 Å². The van der Waals surface area contributed by atoms with Crippen molar-refractivity contribution in [2.24, 2.45) is 0 Å². The molecule has 0 aromatic carbocycles. The van der Waals surface area contributed by atoms with Gasteiger partial charge in [0.05, 0.1) is 0 Å². The third kappa shape index (κ3) is 6.64. The van der Waals surface area contributed by atoms with Crippen LogP contribution < -0.4 is 5.32 Å². The SMILES string of the molecule is CCCN(CCC)C(=N)NC(=N)N(C1CCCCC1)C1CCCCC1.Cl. The molecule has 0 unspecified atom stereocenters. The van der Waals surface area contributed by atoms with E-state index in [1.807, 2.05) is 0 Å². The molecule has 0 atom stereocenters. The first-order chi connectivity index (χ1) is 12.2. The zero-order valence-corrected chi connectivity index (χ0v) is 17.7. The molecule has 26 heavy (non-hydrogen) atoms. The molecule has 0 heterocycles. The van der Waals surface area contributed by atoms with Gasteiger partial charge in [0.2, 0.25) is 0 Å². The fourth-order valence-corrected chi connectivity index (χ4v) is 4.51. The molecule has 0 aromatic rings. The Morgan fingerprint density at radius 1 is 0.769 bits per heavy atom. The van der Waals surface area contributed by atoms with Gasteiger partial charge in [-0.05, 0) is 38.5 Å². The van der Waals surface area contributed by atoms with Crippen molar-refractivity contribution in [3.8, 4) is 0 Å². The van der Waals surface area contributed by atoms with Crippen LogP contribution in [0.3, 0.4) is 0 Å². The minimum atomic E-state index is 0. The molecule has 152 valence electrons. The lowest BCUT2D eigenvalue weighted by Crippen LogP contribution is -2.56. The van der Waals surface area contributed by atoms with Crippen LogP contribution in [0.5, 0.6) is 0 Å². The average Bonchev–Trinajstić information content (AvgIpc) is 2.63. The summed E-state index contributed by atoms with van der Waals surface area (Å²) in [5.41, 5.74) is 0. The van der Waals surface area contributed by atoms with E-state index in [9.17, 15) is 0 Å². The van der Waals surface area contributed by atoms with Crippen LogP contribution in [-0.4, -0.2) is 46.9 Å². The molecule has 0 radical (unpaired) electrons. The summed E-state index contributed by atoms with van der Waals surface area (Å²) in [7, 11) is 0. The fourth-order valence-electron chi connectivity index (χ4n) is 4.51. The number of rotatable bonds is 6. The largest absolute Gasteiger partial charge is 0.343 e. The zero-order valence-electron chi connectivity index (χ0n) is 16.9. The summed E-state index contributed by atoms with van der Waals surface area (Å²) in [6, 6.07) is 0.992. The van der Waals surface area contributed by atoms with Crippen molar-refractivity contribution in [3.05, 3.63) is 0 Å². The molecule has 0 amide bonds. The van der Waals surface area contributed by atoms with Crippen LogP contribution in [0.1, 0.15) is 90.9 Å². The Morgan fingerprint density at radius 2 is 1.19 bits per heavy atom. The Balaban J connectivity index is 0.00000338. The maximum atomic E-state index is 8.75. The van der Waals surface area contributed by atoms with Gasteiger partial charge in [-0.1, -0.05) is 52.4 Å². The molecule has 0 bridgehead atoms. The van der Waals surface area contributed by atoms with Gasteiger partial charge < -0.3 is 9.80 Å². The first-order valence-electron chi connectivity index (χ1n) is 10.6. The molecular formula is C20H40ClN5. The van der Waals surface area contributed by atoms with Gasteiger partial charge in [0.15, 0.2) is 11.9 Å². The third-order valence-corrected chi connectivity index (χ3v) is 5.73. The number of nitrogens with one attached hydrogen (secondary N) is 3. The van der Waals surface area contributed by atoms with E-state index < -0.39 is 0 Å². The Hall–Kier alpha value is -0.970. The van der Waals surface area contributed by atoms with Gasteiger partial charge in [0.1, 0.15) is 0 Å². The highest BCUT2D eigenvalue weighted by Crippen LogP contribution is 2.30. The summed E-state index contributed by atoms with van der Waals surface area (Å²) in [4.78, 5) is 4.44. The third-order valence-electron chi connectivity index (χ3n) is 5.73. The highest BCUT2D eigenvalue weighted by Gasteiger charge is 2.31. The van der Waals surface area contributed by atoms with Crippen molar-refractivity contribution in [2.45, 2.75) is 103 Å². The van der Waals surface area contributed by atoms with Crippen molar-refractivity contribution < 1.29 is 0 Å². The number of hydrogen-bond acceptors (Lipinski definition) is 2. The van der Waals surface area contributed by atoms with E-state index >= 15 is 0 Å². The maximum absolute atomic E-state index is 8.75. The van der Waals surface area contributed by atoms with Gasteiger partial charge >= 0.3 is 0 Å². The Labute approximate surface area is 166 Å². The smallest absolute Gasteiger partial charge is 0.198 e. The predicted molar refractivity (Wildman–Crippen MR) is 114 cm³/mol. The minimum Gasteiger partial charge on any atom is -0.343 e. The molecule has 0 saturated heterocycles. The van der Waals surface area contributed by atoms with Gasteiger partial charge in [0.25, 0.3) is 0 Å². The second kappa shape index (κ2) is 12.4. The molecular weight excluding hydrogens is 346 g/mol. The van der Waals surface area contributed by atoms with Crippen LogP contribution in [-0.2, 0) is 0 Å². The second-order valence-electron chi connectivity index (χ2n) is 7.80. The van der Waals surface area contributed by atoms with E-state index in [1.54, 1.807) is 0 Å². The highest BCUT2D eigenvalue weighted by molar-refractivity contribution is 5.96. The fraction of sp³-hybridized carbons (Fsp3) is 0.900. The van der Waals surface area contributed by atoms with Gasteiger partial charge in [-0.25, -0.2) is 0 Å². The number of halogens is 1. The maximum Gasteiger partial charge on any atom is 0.198 e. The van der Waals surface area contributed by atoms with E-state index in [2.05, 4.69) is 29.0 Å². The Kier molecular flexibility index (Phi) is 11.0. The van der Waals surface area contributed by atoms with Crippen LogP contribution in [0.25, 0.3) is 0 Å². The van der Waals surface area contributed by atoms with Gasteiger partial charge in [-0.2, -0.15) is 0 Å². The lowest BCUT2D eigenvalue weighted by molar-refractivity contribution is 0.153. The molecule has 2 fully saturated rings. The van der Waals surface area contributed by atoms with E-state index in [0.29, 0.717) is 24.0 Å². The lowest BCUT2D eigenvalue weighted by atomic mass is 9.89. The van der Waals surface area contributed by atoms with E-state index in [0.717, 1.165) is 25.9 Å². The summed E-state index contributed by atoms with van der Waals surface area (Å²) in [6.07, 6.45) is 14.7. The molecule has 3 N–H and O–H groups in total. The first kappa shape index (κ1) is 23.1.